The van der Waals surface area contributed by atoms with Gasteiger partial charge in [-0.15, -0.1) is 11.3 Å². The van der Waals surface area contributed by atoms with Crippen LogP contribution in [0.2, 0.25) is 0 Å². The predicted octanol–water partition coefficient (Wildman–Crippen LogP) is 1.09. The van der Waals surface area contributed by atoms with Gasteiger partial charge in [-0.3, -0.25) is 10.2 Å². The van der Waals surface area contributed by atoms with E-state index in [1.807, 2.05) is 6.07 Å². The molecule has 8 heteroatoms. The maximum Gasteiger partial charge on any atom is 0.241 e. The molecule has 0 spiro atoms. The summed E-state index contributed by atoms with van der Waals surface area (Å²) in [7, 11) is 1.60. The first-order valence-corrected chi connectivity index (χ1v) is 7.15. The van der Waals surface area contributed by atoms with Gasteiger partial charge < -0.3 is 10.6 Å². The number of hydrogen-bond donors (Lipinski definition) is 4. The molecule has 5 N–H and O–H groups in total. The second-order valence-electron chi connectivity index (χ2n) is 4.31. The number of nitrogens with two attached hydrogens (primary N) is 1. The highest BCUT2D eigenvalue weighted by Crippen LogP contribution is 2.30. The van der Waals surface area contributed by atoms with Crippen molar-refractivity contribution >= 4 is 39.2 Å². The number of hydrazine groups is 1. The van der Waals surface area contributed by atoms with Crippen LogP contribution in [0, 0.1) is 0 Å². The quantitative estimate of drug-likeness (QED) is 0.486. The van der Waals surface area contributed by atoms with Crippen molar-refractivity contribution in [3.8, 4) is 0 Å². The molecular formula is C12H18N6OS. The van der Waals surface area contributed by atoms with Gasteiger partial charge in [0.1, 0.15) is 16.7 Å². The third-order valence-electron chi connectivity index (χ3n) is 2.91. The molecule has 2 aromatic rings. The number of nitrogen functional groups attached to an aromatic ring is 1. The maximum atomic E-state index is 11.6. The van der Waals surface area contributed by atoms with Crippen LogP contribution in [0.3, 0.4) is 0 Å². The van der Waals surface area contributed by atoms with Crippen molar-refractivity contribution in [3.63, 3.8) is 0 Å². The molecule has 2 rings (SSSR count). The number of anilines is 2. The Morgan fingerprint density at radius 2 is 2.25 bits per heavy atom. The number of aromatic nitrogens is 2. The van der Waals surface area contributed by atoms with Crippen LogP contribution < -0.4 is 21.9 Å². The van der Waals surface area contributed by atoms with E-state index in [1.54, 1.807) is 25.3 Å². The van der Waals surface area contributed by atoms with Crippen LogP contribution in [-0.4, -0.2) is 29.0 Å². The third kappa shape index (κ3) is 2.81. The van der Waals surface area contributed by atoms with E-state index >= 15 is 0 Å². The monoisotopic (exact) mass is 294 g/mol. The highest BCUT2D eigenvalue weighted by molar-refractivity contribution is 7.18. The Bertz CT molecular complexity index is 626. The summed E-state index contributed by atoms with van der Waals surface area (Å²) in [6.07, 6.45) is 0.927. The first-order chi connectivity index (χ1) is 9.58. The predicted molar refractivity (Wildman–Crippen MR) is 81.8 cm³/mol. The minimum absolute atomic E-state index is 0.107. The fourth-order valence-corrected chi connectivity index (χ4v) is 2.77. The molecule has 7 nitrogen and oxygen atoms in total. The number of thiophene rings is 1. The van der Waals surface area contributed by atoms with Gasteiger partial charge in [-0.05, 0) is 19.4 Å². The standard InChI is InChI=1S/C12H18N6OS/c1-4-7-5-8-9(15-6(2)10(19)14-3)16-12(18-13)17-11(8)20-7/h5-6H,4,13H2,1-3H3,(H,14,19)(H2,15,16,17,18). The van der Waals surface area contributed by atoms with Crippen molar-refractivity contribution in [2.75, 3.05) is 17.8 Å². The van der Waals surface area contributed by atoms with Crippen molar-refractivity contribution in [1.29, 1.82) is 0 Å². The molecule has 0 aliphatic rings. The number of likely N-dealkylation sites (N-methyl/N-ethyl adjacent to an activating group) is 1. The molecule has 0 saturated carbocycles. The number of nitrogens with one attached hydrogen (secondary N) is 3. The van der Waals surface area contributed by atoms with Gasteiger partial charge in [0.2, 0.25) is 11.9 Å². The number of fused-ring (bicyclic) bond motifs is 1. The van der Waals surface area contributed by atoms with E-state index in [1.165, 1.54) is 4.88 Å². The molecule has 0 aromatic carbocycles. The fourth-order valence-electron chi connectivity index (χ4n) is 1.81. The number of hydrogen-bond acceptors (Lipinski definition) is 7. The zero-order chi connectivity index (χ0) is 14.7. The van der Waals surface area contributed by atoms with Gasteiger partial charge in [0.05, 0.1) is 5.39 Å². The number of carbonyl (C=O) groups is 1. The molecule has 0 aliphatic heterocycles. The van der Waals surface area contributed by atoms with Crippen molar-refractivity contribution in [3.05, 3.63) is 10.9 Å². The minimum Gasteiger partial charge on any atom is -0.358 e. The highest BCUT2D eigenvalue weighted by Gasteiger charge is 2.16. The molecular weight excluding hydrogens is 276 g/mol. The molecule has 0 saturated heterocycles. The molecule has 0 bridgehead atoms. The van der Waals surface area contributed by atoms with Crippen LogP contribution in [0.25, 0.3) is 10.2 Å². The van der Waals surface area contributed by atoms with Crippen LogP contribution in [0.1, 0.15) is 18.7 Å². The van der Waals surface area contributed by atoms with E-state index in [4.69, 9.17) is 5.84 Å². The lowest BCUT2D eigenvalue weighted by Gasteiger charge is -2.14. The number of rotatable bonds is 5. The lowest BCUT2D eigenvalue weighted by Crippen LogP contribution is -2.35. The molecule has 0 aliphatic carbocycles. The van der Waals surface area contributed by atoms with E-state index in [9.17, 15) is 4.79 Å². The Morgan fingerprint density at radius 3 is 2.85 bits per heavy atom. The lowest BCUT2D eigenvalue weighted by atomic mass is 10.2. The Balaban J connectivity index is 2.44. The molecule has 0 fully saturated rings. The average Bonchev–Trinajstić information content (AvgIpc) is 2.89. The summed E-state index contributed by atoms with van der Waals surface area (Å²) in [5, 5.41) is 6.60. The largest absolute Gasteiger partial charge is 0.358 e. The summed E-state index contributed by atoms with van der Waals surface area (Å²) >= 11 is 1.59. The van der Waals surface area contributed by atoms with Crippen molar-refractivity contribution in [2.45, 2.75) is 26.3 Å². The summed E-state index contributed by atoms with van der Waals surface area (Å²) in [5.74, 6) is 6.22. The summed E-state index contributed by atoms with van der Waals surface area (Å²) in [4.78, 5) is 22.3. The van der Waals surface area contributed by atoms with Gasteiger partial charge in [-0.1, -0.05) is 6.92 Å². The van der Waals surface area contributed by atoms with Gasteiger partial charge >= 0.3 is 0 Å². The summed E-state index contributed by atoms with van der Waals surface area (Å²) in [5.41, 5.74) is 2.45. The second-order valence-corrected chi connectivity index (χ2v) is 5.42. The first-order valence-electron chi connectivity index (χ1n) is 6.34. The topological polar surface area (TPSA) is 105 Å². The van der Waals surface area contributed by atoms with Crippen LogP contribution >= 0.6 is 11.3 Å². The van der Waals surface area contributed by atoms with Gasteiger partial charge in [-0.25, -0.2) is 10.8 Å². The number of amides is 1. The Morgan fingerprint density at radius 1 is 1.50 bits per heavy atom. The second kappa shape index (κ2) is 6.02. The smallest absolute Gasteiger partial charge is 0.241 e. The zero-order valence-electron chi connectivity index (χ0n) is 11.7. The van der Waals surface area contributed by atoms with Crippen molar-refractivity contribution in [2.24, 2.45) is 5.84 Å². The highest BCUT2D eigenvalue weighted by atomic mass is 32.1. The SMILES string of the molecule is CCc1cc2c(NC(C)C(=O)NC)nc(NN)nc2s1. The summed E-state index contributed by atoms with van der Waals surface area (Å²) in [6.45, 7) is 3.86. The zero-order valence-corrected chi connectivity index (χ0v) is 12.5. The van der Waals surface area contributed by atoms with Gasteiger partial charge in [0.25, 0.3) is 0 Å². The van der Waals surface area contributed by atoms with E-state index < -0.39 is 6.04 Å². The van der Waals surface area contributed by atoms with E-state index in [-0.39, 0.29) is 5.91 Å². The minimum atomic E-state index is -0.395. The number of aryl methyl sites for hydroxylation is 1. The van der Waals surface area contributed by atoms with E-state index in [2.05, 4.69) is 33.0 Å². The maximum absolute atomic E-state index is 11.6. The van der Waals surface area contributed by atoms with Crippen LogP contribution in [0.5, 0.6) is 0 Å². The van der Waals surface area contributed by atoms with Crippen LogP contribution in [0.15, 0.2) is 6.07 Å². The van der Waals surface area contributed by atoms with Gasteiger partial charge in [-0.2, -0.15) is 4.98 Å². The third-order valence-corrected chi connectivity index (χ3v) is 4.09. The van der Waals surface area contributed by atoms with E-state index in [0.29, 0.717) is 11.8 Å². The van der Waals surface area contributed by atoms with Crippen molar-refractivity contribution < 1.29 is 4.79 Å². The molecule has 1 atom stereocenters. The Labute approximate surface area is 121 Å². The normalized spacial score (nSPS) is 12.2. The van der Waals surface area contributed by atoms with Crippen LogP contribution in [-0.2, 0) is 11.2 Å². The summed E-state index contributed by atoms with van der Waals surface area (Å²) in [6, 6.07) is 1.65. The molecule has 2 heterocycles. The average molecular weight is 294 g/mol. The lowest BCUT2D eigenvalue weighted by molar-refractivity contribution is -0.121. The Hall–Kier alpha value is -1.93. The fraction of sp³-hybridized carbons (Fsp3) is 0.417. The molecule has 0 radical (unpaired) electrons. The van der Waals surface area contributed by atoms with Crippen LogP contribution in [0.4, 0.5) is 11.8 Å². The molecule has 1 unspecified atom stereocenters. The molecule has 108 valence electrons. The van der Waals surface area contributed by atoms with Gasteiger partial charge in [0, 0.05) is 11.9 Å². The van der Waals surface area contributed by atoms with Crippen molar-refractivity contribution in [1.82, 2.24) is 15.3 Å². The summed E-state index contributed by atoms with van der Waals surface area (Å²) < 4.78 is 0. The first kappa shape index (κ1) is 14.5. The van der Waals surface area contributed by atoms with E-state index in [0.717, 1.165) is 16.6 Å². The molecule has 2 aromatic heterocycles. The molecule has 1 amide bonds. The number of nitrogens with zero attached hydrogens (tertiary/aromatic N) is 2. The Kier molecular flexibility index (Phi) is 4.35. The number of carbonyl (C=O) groups excluding carboxylic acids is 1. The van der Waals surface area contributed by atoms with Gasteiger partial charge in [0.15, 0.2) is 0 Å². The molecule has 20 heavy (non-hydrogen) atoms.